The Morgan fingerprint density at radius 1 is 1.05 bits per heavy atom. The van der Waals surface area contributed by atoms with Gasteiger partial charge in [0, 0.05) is 18.2 Å². The Kier molecular flexibility index (Phi) is 2.83. The SMILES string of the molecule is Cc1ccc(C)c(-c2c3c(nc[n+]2C)-c2ncccc2C3)c1. The fraction of sp³-hybridized carbons (Fsp3) is 0.211. The Bertz CT molecular complexity index is 897. The van der Waals surface area contributed by atoms with E-state index >= 15 is 0 Å². The molecule has 0 saturated carbocycles. The number of nitrogens with zero attached hydrogens (tertiary/aromatic N) is 3. The number of hydrogen-bond acceptors (Lipinski definition) is 2. The zero-order valence-corrected chi connectivity index (χ0v) is 13.1. The van der Waals surface area contributed by atoms with Gasteiger partial charge in [-0.15, -0.1) is 0 Å². The second kappa shape index (κ2) is 4.73. The van der Waals surface area contributed by atoms with Gasteiger partial charge in [-0.1, -0.05) is 23.8 Å². The van der Waals surface area contributed by atoms with Crippen molar-refractivity contribution < 1.29 is 4.57 Å². The Morgan fingerprint density at radius 2 is 1.91 bits per heavy atom. The molecule has 0 spiro atoms. The van der Waals surface area contributed by atoms with Gasteiger partial charge in [0.1, 0.15) is 11.4 Å². The second-order valence-electron chi connectivity index (χ2n) is 6.04. The first-order valence-corrected chi connectivity index (χ1v) is 7.54. The van der Waals surface area contributed by atoms with Crippen molar-refractivity contribution >= 4 is 0 Å². The molecular formula is C19H18N3+. The van der Waals surface area contributed by atoms with E-state index in [9.17, 15) is 0 Å². The minimum Gasteiger partial charge on any atom is -0.252 e. The maximum atomic E-state index is 4.64. The lowest BCUT2D eigenvalue weighted by molar-refractivity contribution is -0.663. The van der Waals surface area contributed by atoms with Crippen LogP contribution < -0.4 is 4.57 Å². The zero-order chi connectivity index (χ0) is 15.3. The minimum absolute atomic E-state index is 0.906. The summed E-state index contributed by atoms with van der Waals surface area (Å²) in [6.07, 6.45) is 4.66. The van der Waals surface area contributed by atoms with Crippen LogP contribution in [0.25, 0.3) is 22.6 Å². The van der Waals surface area contributed by atoms with E-state index in [1.165, 1.54) is 33.5 Å². The number of aromatic nitrogens is 3. The zero-order valence-electron chi connectivity index (χ0n) is 13.1. The first-order valence-electron chi connectivity index (χ1n) is 7.54. The van der Waals surface area contributed by atoms with E-state index in [2.05, 4.69) is 59.7 Å². The molecule has 0 unspecified atom stereocenters. The molecule has 3 aromatic rings. The van der Waals surface area contributed by atoms with Gasteiger partial charge in [0.05, 0.1) is 12.6 Å². The first-order chi connectivity index (χ1) is 10.6. The van der Waals surface area contributed by atoms with E-state index in [1.54, 1.807) is 0 Å². The second-order valence-corrected chi connectivity index (χ2v) is 6.04. The summed E-state index contributed by atoms with van der Waals surface area (Å²) in [6, 6.07) is 10.8. The summed E-state index contributed by atoms with van der Waals surface area (Å²) in [5.41, 5.74) is 9.72. The lowest BCUT2D eigenvalue weighted by Crippen LogP contribution is -2.33. The van der Waals surface area contributed by atoms with E-state index in [4.69, 9.17) is 0 Å². The first kappa shape index (κ1) is 13.1. The lowest BCUT2D eigenvalue weighted by Gasteiger charge is -2.10. The van der Waals surface area contributed by atoms with E-state index in [0.717, 1.165) is 17.8 Å². The molecule has 0 saturated heterocycles. The monoisotopic (exact) mass is 288 g/mol. The van der Waals surface area contributed by atoms with Crippen LogP contribution in [-0.2, 0) is 13.5 Å². The van der Waals surface area contributed by atoms with Crippen LogP contribution in [0.3, 0.4) is 0 Å². The van der Waals surface area contributed by atoms with Gasteiger partial charge >= 0.3 is 0 Å². The predicted octanol–water partition coefficient (Wildman–Crippen LogP) is 3.16. The molecule has 3 nitrogen and oxygen atoms in total. The lowest BCUT2D eigenvalue weighted by atomic mass is 9.98. The molecule has 2 aromatic heterocycles. The normalized spacial score (nSPS) is 12.1. The molecule has 0 N–H and O–H groups in total. The van der Waals surface area contributed by atoms with Gasteiger partial charge in [0.15, 0.2) is 0 Å². The van der Waals surface area contributed by atoms with E-state index in [1.807, 2.05) is 18.6 Å². The van der Waals surface area contributed by atoms with Gasteiger partial charge in [-0.05, 0) is 42.1 Å². The highest BCUT2D eigenvalue weighted by Gasteiger charge is 2.31. The topological polar surface area (TPSA) is 29.7 Å². The van der Waals surface area contributed by atoms with E-state index in [-0.39, 0.29) is 0 Å². The summed E-state index contributed by atoms with van der Waals surface area (Å²) in [5, 5.41) is 0. The Morgan fingerprint density at radius 3 is 2.77 bits per heavy atom. The van der Waals surface area contributed by atoms with Crippen molar-refractivity contribution in [3.05, 3.63) is 65.1 Å². The van der Waals surface area contributed by atoms with Crippen LogP contribution in [0.5, 0.6) is 0 Å². The van der Waals surface area contributed by atoms with Gasteiger partial charge in [-0.2, -0.15) is 0 Å². The summed E-state index contributed by atoms with van der Waals surface area (Å²) in [6.45, 7) is 4.31. The van der Waals surface area contributed by atoms with Crippen LogP contribution in [0.1, 0.15) is 22.3 Å². The molecule has 1 aliphatic rings. The molecule has 22 heavy (non-hydrogen) atoms. The molecule has 0 aliphatic heterocycles. The van der Waals surface area contributed by atoms with E-state index in [0.29, 0.717) is 0 Å². The van der Waals surface area contributed by atoms with Gasteiger partial charge < -0.3 is 0 Å². The molecular weight excluding hydrogens is 270 g/mol. The summed E-state index contributed by atoms with van der Waals surface area (Å²) >= 11 is 0. The van der Waals surface area contributed by atoms with Crippen molar-refractivity contribution in [2.24, 2.45) is 7.05 Å². The highest BCUT2D eigenvalue weighted by Crippen LogP contribution is 2.37. The standard InChI is InChI=1S/C19H18N3/c1-12-6-7-13(2)15(9-12)19-16-10-14-5-4-8-20-17(14)18(16)21-11-22(19)3/h4-9,11H,10H2,1-3H3/q+1. The molecule has 0 bridgehead atoms. The van der Waals surface area contributed by atoms with Gasteiger partial charge in [-0.3, -0.25) is 4.98 Å². The highest BCUT2D eigenvalue weighted by molar-refractivity contribution is 5.78. The highest BCUT2D eigenvalue weighted by atomic mass is 15.0. The number of fused-ring (bicyclic) bond motifs is 3. The fourth-order valence-corrected chi connectivity index (χ4v) is 3.30. The van der Waals surface area contributed by atoms with Crippen molar-refractivity contribution in [3.63, 3.8) is 0 Å². The van der Waals surface area contributed by atoms with E-state index < -0.39 is 0 Å². The Balaban J connectivity index is 2.01. The molecule has 0 atom stereocenters. The molecule has 1 aliphatic carbocycles. The molecule has 0 radical (unpaired) electrons. The number of rotatable bonds is 1. The third-order valence-electron chi connectivity index (χ3n) is 4.42. The van der Waals surface area contributed by atoms with Crippen LogP contribution in [0.15, 0.2) is 42.9 Å². The Labute approximate surface area is 130 Å². The molecule has 4 rings (SSSR count). The van der Waals surface area contributed by atoms with Gasteiger partial charge in [0.25, 0.3) is 6.33 Å². The smallest absolute Gasteiger partial charge is 0.252 e. The minimum atomic E-state index is 0.906. The number of pyridine rings is 1. The average molecular weight is 288 g/mol. The fourth-order valence-electron chi connectivity index (χ4n) is 3.30. The number of hydrogen-bond donors (Lipinski definition) is 0. The van der Waals surface area contributed by atoms with Crippen LogP contribution in [-0.4, -0.2) is 9.97 Å². The van der Waals surface area contributed by atoms with Gasteiger partial charge in [-0.25, -0.2) is 4.57 Å². The number of aryl methyl sites for hydroxylation is 3. The predicted molar refractivity (Wildman–Crippen MR) is 86.4 cm³/mol. The van der Waals surface area contributed by atoms with Crippen molar-refractivity contribution in [3.8, 4) is 22.6 Å². The molecule has 0 fully saturated rings. The Hall–Kier alpha value is -2.55. The molecule has 2 heterocycles. The van der Waals surface area contributed by atoms with Crippen LogP contribution in [0.4, 0.5) is 0 Å². The van der Waals surface area contributed by atoms with Gasteiger partial charge in [0.2, 0.25) is 5.69 Å². The van der Waals surface area contributed by atoms with Crippen LogP contribution in [0, 0.1) is 13.8 Å². The summed E-state index contributed by atoms with van der Waals surface area (Å²) in [7, 11) is 2.07. The average Bonchev–Trinajstić information content (AvgIpc) is 2.88. The van der Waals surface area contributed by atoms with Crippen LogP contribution in [0.2, 0.25) is 0 Å². The maximum absolute atomic E-state index is 4.64. The third kappa shape index (κ3) is 1.86. The molecule has 1 aromatic carbocycles. The van der Waals surface area contributed by atoms with Crippen LogP contribution >= 0.6 is 0 Å². The largest absolute Gasteiger partial charge is 0.287 e. The third-order valence-corrected chi connectivity index (χ3v) is 4.42. The van der Waals surface area contributed by atoms with Crippen molar-refractivity contribution in [2.45, 2.75) is 20.3 Å². The molecule has 3 heteroatoms. The summed E-state index contributed by atoms with van der Waals surface area (Å²) < 4.78 is 2.13. The number of benzene rings is 1. The summed E-state index contributed by atoms with van der Waals surface area (Å²) in [5.74, 6) is 0. The summed E-state index contributed by atoms with van der Waals surface area (Å²) in [4.78, 5) is 9.17. The van der Waals surface area contributed by atoms with Crippen molar-refractivity contribution in [2.75, 3.05) is 0 Å². The molecule has 0 amide bonds. The molecule has 108 valence electrons. The van der Waals surface area contributed by atoms with Crippen molar-refractivity contribution in [1.82, 2.24) is 9.97 Å². The maximum Gasteiger partial charge on any atom is 0.287 e. The quantitative estimate of drug-likeness (QED) is 0.504. The van der Waals surface area contributed by atoms with Crippen molar-refractivity contribution in [1.29, 1.82) is 0 Å².